The Morgan fingerprint density at radius 3 is 2.74 bits per heavy atom. The number of amides is 1. The molecule has 0 radical (unpaired) electrons. The summed E-state index contributed by atoms with van der Waals surface area (Å²) in [6.45, 7) is -0.0397. The fourth-order valence-electron chi connectivity index (χ4n) is 2.16. The van der Waals surface area contributed by atoms with E-state index < -0.39 is 17.6 Å². The van der Waals surface area contributed by atoms with Gasteiger partial charge in [0.1, 0.15) is 5.75 Å². The molecule has 0 aliphatic carbocycles. The van der Waals surface area contributed by atoms with Crippen LogP contribution in [0, 0.1) is 0 Å². The minimum absolute atomic E-state index is 0.0129. The lowest BCUT2D eigenvalue weighted by Crippen LogP contribution is -2.15. The van der Waals surface area contributed by atoms with Crippen LogP contribution in [0.2, 0.25) is 0 Å². The molecule has 0 unspecified atom stereocenters. The van der Waals surface area contributed by atoms with E-state index in [1.165, 1.54) is 18.2 Å². The largest absolute Gasteiger partial charge is 0.485 e. The topological polar surface area (TPSA) is 92.8 Å². The van der Waals surface area contributed by atoms with Gasteiger partial charge < -0.3 is 10.1 Å². The van der Waals surface area contributed by atoms with E-state index in [0.717, 1.165) is 12.1 Å². The molecule has 2 N–H and O–H groups in total. The van der Waals surface area contributed by atoms with Crippen LogP contribution in [0.5, 0.6) is 5.75 Å². The summed E-state index contributed by atoms with van der Waals surface area (Å²) in [6.07, 6.45) is -4.50. The van der Waals surface area contributed by atoms with E-state index in [4.69, 9.17) is 4.74 Å². The molecule has 2 aromatic carbocycles. The molecule has 27 heavy (non-hydrogen) atoms. The number of H-pyrrole nitrogens is 1. The molecule has 0 saturated carbocycles. The molecular formula is C16H11BrF3N5O2. The summed E-state index contributed by atoms with van der Waals surface area (Å²) in [6, 6.07) is 9.06. The molecule has 0 atom stereocenters. The molecule has 3 rings (SSSR count). The van der Waals surface area contributed by atoms with Crippen LogP contribution in [0.15, 0.2) is 46.9 Å². The lowest BCUT2D eigenvalue weighted by Gasteiger charge is -2.13. The number of benzene rings is 2. The van der Waals surface area contributed by atoms with Crippen molar-refractivity contribution in [2.45, 2.75) is 12.8 Å². The fraction of sp³-hybridized carbons (Fsp3) is 0.125. The van der Waals surface area contributed by atoms with E-state index in [1.54, 1.807) is 12.1 Å². The lowest BCUT2D eigenvalue weighted by atomic mass is 10.1. The highest BCUT2D eigenvalue weighted by Gasteiger charge is 2.30. The first-order chi connectivity index (χ1) is 12.8. The third-order valence-electron chi connectivity index (χ3n) is 3.38. The predicted molar refractivity (Wildman–Crippen MR) is 92.0 cm³/mol. The number of nitrogens with zero attached hydrogens (tertiary/aromatic N) is 3. The zero-order valence-corrected chi connectivity index (χ0v) is 15.0. The molecular weight excluding hydrogens is 431 g/mol. The molecule has 3 aromatic rings. The van der Waals surface area contributed by atoms with Gasteiger partial charge in [-0.3, -0.25) is 4.79 Å². The van der Waals surface area contributed by atoms with Crippen molar-refractivity contribution in [2.24, 2.45) is 0 Å². The Kier molecular flexibility index (Phi) is 5.40. The van der Waals surface area contributed by atoms with Gasteiger partial charge in [-0.05, 0) is 36.4 Å². The number of aromatic amines is 1. The van der Waals surface area contributed by atoms with Gasteiger partial charge in [-0.25, -0.2) is 0 Å². The van der Waals surface area contributed by atoms with Gasteiger partial charge in [0.15, 0.2) is 6.61 Å². The zero-order valence-electron chi connectivity index (χ0n) is 13.4. The number of hydrogen-bond acceptors (Lipinski definition) is 5. The quantitative estimate of drug-likeness (QED) is 0.627. The van der Waals surface area contributed by atoms with Gasteiger partial charge in [0, 0.05) is 10.2 Å². The average Bonchev–Trinajstić information content (AvgIpc) is 3.13. The van der Waals surface area contributed by atoms with E-state index in [2.05, 4.69) is 41.9 Å². The van der Waals surface area contributed by atoms with E-state index in [-0.39, 0.29) is 29.4 Å². The minimum Gasteiger partial charge on any atom is -0.485 e. The van der Waals surface area contributed by atoms with Crippen molar-refractivity contribution in [3.63, 3.8) is 0 Å². The highest BCUT2D eigenvalue weighted by molar-refractivity contribution is 9.10. The molecule has 0 saturated heterocycles. The summed E-state index contributed by atoms with van der Waals surface area (Å²) in [7, 11) is 0. The maximum absolute atomic E-state index is 12.8. The molecule has 0 aliphatic rings. The van der Waals surface area contributed by atoms with Crippen molar-refractivity contribution in [2.75, 3.05) is 5.32 Å². The Bertz CT molecular complexity index is 947. The first kappa shape index (κ1) is 18.8. The number of alkyl halides is 3. The van der Waals surface area contributed by atoms with Crippen LogP contribution < -0.4 is 10.1 Å². The average molecular weight is 442 g/mol. The zero-order chi connectivity index (χ0) is 19.4. The summed E-state index contributed by atoms with van der Waals surface area (Å²) >= 11 is 3.25. The van der Waals surface area contributed by atoms with Gasteiger partial charge in [0.2, 0.25) is 5.82 Å². The van der Waals surface area contributed by atoms with Crippen molar-refractivity contribution in [3.05, 3.63) is 63.9 Å². The molecule has 1 heterocycles. The fourth-order valence-corrected chi connectivity index (χ4v) is 2.52. The summed E-state index contributed by atoms with van der Waals surface area (Å²) in [5, 5.41) is 15.6. The molecule has 1 aromatic heterocycles. The molecule has 11 heteroatoms. The Balaban J connectivity index is 1.80. The maximum Gasteiger partial charge on any atom is 0.416 e. The van der Waals surface area contributed by atoms with Gasteiger partial charge in [0.25, 0.3) is 5.91 Å². The van der Waals surface area contributed by atoms with Crippen LogP contribution >= 0.6 is 15.9 Å². The molecule has 0 bridgehead atoms. The van der Waals surface area contributed by atoms with Gasteiger partial charge in [-0.2, -0.15) is 18.4 Å². The standard InChI is InChI=1S/C16H11BrF3N5O2/c17-10-4-5-13(27-8-14-22-24-25-23-14)12(7-10)15(26)21-11-3-1-2-9(6-11)16(18,19)20/h1-7H,8H2,(H,21,26)(H,22,23,24,25). The van der Waals surface area contributed by atoms with Crippen molar-refractivity contribution in [1.82, 2.24) is 20.6 Å². The summed E-state index contributed by atoms with van der Waals surface area (Å²) in [4.78, 5) is 12.6. The second-order valence-corrected chi connectivity index (χ2v) is 6.21. The number of halogens is 4. The number of rotatable bonds is 5. The molecule has 1 amide bonds. The number of tetrazole rings is 1. The number of ether oxygens (including phenoxy) is 1. The first-order valence-electron chi connectivity index (χ1n) is 7.46. The van der Waals surface area contributed by atoms with Gasteiger partial charge in [0.05, 0.1) is 11.1 Å². The van der Waals surface area contributed by atoms with E-state index >= 15 is 0 Å². The molecule has 0 fully saturated rings. The third kappa shape index (κ3) is 4.82. The number of anilines is 1. The van der Waals surface area contributed by atoms with Crippen LogP contribution in [-0.4, -0.2) is 26.5 Å². The first-order valence-corrected chi connectivity index (χ1v) is 8.25. The van der Waals surface area contributed by atoms with Gasteiger partial charge >= 0.3 is 6.18 Å². The SMILES string of the molecule is O=C(Nc1cccc(C(F)(F)F)c1)c1cc(Br)ccc1OCc1nn[nH]n1. The van der Waals surface area contributed by atoms with Crippen LogP contribution in [0.1, 0.15) is 21.7 Å². The Hall–Kier alpha value is -2.95. The Labute approximate surface area is 159 Å². The maximum atomic E-state index is 12.8. The number of nitrogens with one attached hydrogen (secondary N) is 2. The Morgan fingerprint density at radius 1 is 1.22 bits per heavy atom. The van der Waals surface area contributed by atoms with E-state index in [0.29, 0.717) is 4.47 Å². The Morgan fingerprint density at radius 2 is 2.04 bits per heavy atom. The minimum atomic E-state index is -4.50. The lowest BCUT2D eigenvalue weighted by molar-refractivity contribution is -0.137. The molecule has 0 aliphatic heterocycles. The summed E-state index contributed by atoms with van der Waals surface area (Å²) < 4.78 is 44.6. The second kappa shape index (κ2) is 7.74. The summed E-state index contributed by atoms with van der Waals surface area (Å²) in [5.41, 5.74) is -0.715. The smallest absolute Gasteiger partial charge is 0.416 e. The highest BCUT2D eigenvalue weighted by atomic mass is 79.9. The molecule has 7 nitrogen and oxygen atoms in total. The van der Waals surface area contributed by atoms with Crippen molar-refractivity contribution < 1.29 is 22.7 Å². The van der Waals surface area contributed by atoms with Crippen LogP contribution in [0.3, 0.4) is 0 Å². The van der Waals surface area contributed by atoms with Crippen molar-refractivity contribution in [1.29, 1.82) is 0 Å². The van der Waals surface area contributed by atoms with E-state index in [9.17, 15) is 18.0 Å². The van der Waals surface area contributed by atoms with Gasteiger partial charge in [-0.1, -0.05) is 27.2 Å². The summed E-state index contributed by atoms with van der Waals surface area (Å²) in [5.74, 6) is -0.131. The van der Waals surface area contributed by atoms with E-state index in [1.807, 2.05) is 0 Å². The highest BCUT2D eigenvalue weighted by Crippen LogP contribution is 2.31. The van der Waals surface area contributed by atoms with Gasteiger partial charge in [-0.15, -0.1) is 10.2 Å². The van der Waals surface area contributed by atoms with Crippen LogP contribution in [-0.2, 0) is 12.8 Å². The normalized spacial score (nSPS) is 11.3. The second-order valence-electron chi connectivity index (χ2n) is 5.29. The third-order valence-corrected chi connectivity index (χ3v) is 3.87. The van der Waals surface area contributed by atoms with Crippen molar-refractivity contribution >= 4 is 27.5 Å². The predicted octanol–water partition coefficient (Wildman–Crippen LogP) is 3.81. The van der Waals surface area contributed by atoms with Crippen molar-refractivity contribution in [3.8, 4) is 5.75 Å². The number of hydrogen-bond donors (Lipinski definition) is 2. The van der Waals surface area contributed by atoms with Crippen LogP contribution in [0.25, 0.3) is 0 Å². The number of aromatic nitrogens is 4. The number of carbonyl (C=O) groups excluding carboxylic acids is 1. The van der Waals surface area contributed by atoms with Crippen LogP contribution in [0.4, 0.5) is 18.9 Å². The monoisotopic (exact) mass is 441 g/mol. The molecule has 140 valence electrons. The molecule has 0 spiro atoms. The number of carbonyl (C=O) groups is 1.